The number of rotatable bonds is 1. The fourth-order valence-electron chi connectivity index (χ4n) is 3.60. The lowest BCUT2D eigenvalue weighted by Crippen LogP contribution is -2.04. The van der Waals surface area contributed by atoms with Crippen LogP contribution in [0.3, 0.4) is 0 Å². The SMILES string of the molecule is C1=C[C@H]2C[C@@H]1C[C@@H]2c1ccc2ccccc2c1. The van der Waals surface area contributed by atoms with Crippen molar-refractivity contribution in [2.45, 2.75) is 18.8 Å². The van der Waals surface area contributed by atoms with Gasteiger partial charge in [-0.2, -0.15) is 0 Å². The summed E-state index contributed by atoms with van der Waals surface area (Å²) < 4.78 is 0. The minimum absolute atomic E-state index is 0.773. The Labute approximate surface area is 102 Å². The lowest BCUT2D eigenvalue weighted by Gasteiger charge is -2.18. The lowest BCUT2D eigenvalue weighted by molar-refractivity contribution is 0.586. The molecule has 2 aliphatic rings. The number of benzene rings is 2. The van der Waals surface area contributed by atoms with E-state index in [1.807, 2.05) is 0 Å². The van der Waals surface area contributed by atoms with Gasteiger partial charge in [-0.15, -0.1) is 0 Å². The van der Waals surface area contributed by atoms with Gasteiger partial charge in [-0.1, -0.05) is 54.6 Å². The summed E-state index contributed by atoms with van der Waals surface area (Å²) in [6.45, 7) is 0. The molecular weight excluding hydrogens is 204 g/mol. The first-order chi connectivity index (χ1) is 8.40. The maximum Gasteiger partial charge on any atom is -0.00930 e. The predicted octanol–water partition coefficient (Wildman–Crippen LogP) is 4.52. The lowest BCUT2D eigenvalue weighted by atomic mass is 9.86. The Morgan fingerprint density at radius 1 is 0.824 bits per heavy atom. The number of hydrogen-bond donors (Lipinski definition) is 0. The maximum absolute atomic E-state index is 2.44. The van der Waals surface area contributed by atoms with Crippen LogP contribution in [0, 0.1) is 11.8 Å². The molecule has 0 heteroatoms. The van der Waals surface area contributed by atoms with E-state index in [2.05, 4.69) is 54.6 Å². The van der Waals surface area contributed by atoms with E-state index in [1.54, 1.807) is 5.56 Å². The maximum atomic E-state index is 2.44. The van der Waals surface area contributed by atoms with Crippen molar-refractivity contribution in [3.8, 4) is 0 Å². The molecule has 4 rings (SSSR count). The molecule has 0 spiro atoms. The second-order valence-electron chi connectivity index (χ2n) is 5.49. The molecule has 0 amide bonds. The van der Waals surface area contributed by atoms with Crippen LogP contribution in [-0.2, 0) is 0 Å². The average Bonchev–Trinajstić information content (AvgIpc) is 3.00. The summed E-state index contributed by atoms with van der Waals surface area (Å²) in [6.07, 6.45) is 7.60. The summed E-state index contributed by atoms with van der Waals surface area (Å²) in [7, 11) is 0. The summed E-state index contributed by atoms with van der Waals surface area (Å²) in [5, 5.41) is 2.74. The van der Waals surface area contributed by atoms with Gasteiger partial charge in [0.15, 0.2) is 0 Å². The van der Waals surface area contributed by atoms with Crippen molar-refractivity contribution >= 4 is 10.8 Å². The van der Waals surface area contributed by atoms with Gasteiger partial charge in [0.2, 0.25) is 0 Å². The second-order valence-corrected chi connectivity index (χ2v) is 5.49. The Kier molecular flexibility index (Phi) is 1.93. The third-order valence-corrected chi connectivity index (χ3v) is 4.48. The molecule has 0 radical (unpaired) electrons. The zero-order valence-electron chi connectivity index (χ0n) is 9.84. The highest BCUT2D eigenvalue weighted by Crippen LogP contribution is 2.48. The summed E-state index contributed by atoms with van der Waals surface area (Å²) in [5.74, 6) is 2.44. The number of hydrogen-bond acceptors (Lipinski definition) is 0. The largest absolute Gasteiger partial charge is 0.0851 e. The molecule has 3 atom stereocenters. The van der Waals surface area contributed by atoms with Crippen LogP contribution in [0.4, 0.5) is 0 Å². The molecule has 0 unspecified atom stereocenters. The van der Waals surface area contributed by atoms with Crippen molar-refractivity contribution in [2.75, 3.05) is 0 Å². The van der Waals surface area contributed by atoms with Gasteiger partial charge >= 0.3 is 0 Å². The molecule has 0 N–H and O–H groups in total. The number of allylic oxidation sites excluding steroid dienone is 2. The minimum atomic E-state index is 0.773. The summed E-state index contributed by atoms with van der Waals surface area (Å²) in [5.41, 5.74) is 1.54. The molecule has 0 aromatic heterocycles. The first-order valence-corrected chi connectivity index (χ1v) is 6.57. The van der Waals surface area contributed by atoms with Gasteiger partial charge in [0, 0.05) is 0 Å². The molecule has 2 aromatic carbocycles. The highest BCUT2D eigenvalue weighted by atomic mass is 14.4. The van der Waals surface area contributed by atoms with Crippen LogP contribution in [0.25, 0.3) is 10.8 Å². The summed E-state index contributed by atoms with van der Waals surface area (Å²) >= 11 is 0. The van der Waals surface area contributed by atoms with E-state index in [9.17, 15) is 0 Å². The highest BCUT2D eigenvalue weighted by molar-refractivity contribution is 5.83. The van der Waals surface area contributed by atoms with E-state index in [0.717, 1.165) is 17.8 Å². The van der Waals surface area contributed by atoms with E-state index in [-0.39, 0.29) is 0 Å². The Morgan fingerprint density at radius 2 is 1.71 bits per heavy atom. The van der Waals surface area contributed by atoms with E-state index in [0.29, 0.717) is 0 Å². The third kappa shape index (κ3) is 1.44. The Hall–Kier alpha value is -1.56. The van der Waals surface area contributed by atoms with Crippen molar-refractivity contribution in [3.05, 3.63) is 60.2 Å². The van der Waals surface area contributed by atoms with Crippen LogP contribution < -0.4 is 0 Å². The van der Waals surface area contributed by atoms with Gasteiger partial charge in [-0.05, 0) is 46.9 Å². The first kappa shape index (κ1) is 9.47. The summed E-state index contributed by atoms with van der Waals surface area (Å²) in [4.78, 5) is 0. The van der Waals surface area contributed by atoms with E-state index >= 15 is 0 Å². The fraction of sp³-hybridized carbons (Fsp3) is 0.294. The van der Waals surface area contributed by atoms with E-state index in [4.69, 9.17) is 0 Å². The monoisotopic (exact) mass is 220 g/mol. The molecular formula is C17H16. The second kappa shape index (κ2) is 3.46. The van der Waals surface area contributed by atoms with Crippen LogP contribution in [0.1, 0.15) is 24.3 Å². The number of fused-ring (bicyclic) bond motifs is 3. The van der Waals surface area contributed by atoms with Gasteiger partial charge < -0.3 is 0 Å². The van der Waals surface area contributed by atoms with Crippen LogP contribution >= 0.6 is 0 Å². The van der Waals surface area contributed by atoms with Gasteiger partial charge in [0.1, 0.15) is 0 Å². The first-order valence-electron chi connectivity index (χ1n) is 6.57. The minimum Gasteiger partial charge on any atom is -0.0851 e. The molecule has 84 valence electrons. The molecule has 2 aromatic rings. The fourth-order valence-corrected chi connectivity index (χ4v) is 3.60. The van der Waals surface area contributed by atoms with Gasteiger partial charge in [-0.25, -0.2) is 0 Å². The van der Waals surface area contributed by atoms with Crippen molar-refractivity contribution in [1.29, 1.82) is 0 Å². The van der Waals surface area contributed by atoms with E-state index in [1.165, 1.54) is 23.6 Å². The molecule has 2 aliphatic carbocycles. The van der Waals surface area contributed by atoms with Crippen LogP contribution in [0.5, 0.6) is 0 Å². The van der Waals surface area contributed by atoms with Crippen LogP contribution in [0.15, 0.2) is 54.6 Å². The standard InChI is InChI=1S/C17H16/c1-2-4-14-11-16(8-7-13(14)3-1)17-10-12-5-6-15(17)9-12/h1-8,11-12,15,17H,9-10H2/t12-,15+,17+/m1/s1. The predicted molar refractivity (Wildman–Crippen MR) is 72.0 cm³/mol. The quantitative estimate of drug-likeness (QED) is 0.620. The smallest absolute Gasteiger partial charge is 0.00930 e. The molecule has 1 fully saturated rings. The molecule has 0 heterocycles. The topological polar surface area (TPSA) is 0 Å². The Bertz CT molecular complexity index is 594. The van der Waals surface area contributed by atoms with Crippen molar-refractivity contribution in [3.63, 3.8) is 0 Å². The Balaban J connectivity index is 1.79. The zero-order valence-corrected chi connectivity index (χ0v) is 9.84. The van der Waals surface area contributed by atoms with Gasteiger partial charge in [0.25, 0.3) is 0 Å². The molecule has 2 bridgehead atoms. The third-order valence-electron chi connectivity index (χ3n) is 4.48. The highest BCUT2D eigenvalue weighted by Gasteiger charge is 2.36. The van der Waals surface area contributed by atoms with Crippen molar-refractivity contribution < 1.29 is 0 Å². The molecule has 0 aliphatic heterocycles. The molecule has 1 saturated carbocycles. The van der Waals surface area contributed by atoms with Gasteiger partial charge in [-0.3, -0.25) is 0 Å². The zero-order chi connectivity index (χ0) is 11.2. The normalized spacial score (nSPS) is 30.2. The van der Waals surface area contributed by atoms with Crippen LogP contribution in [0.2, 0.25) is 0 Å². The molecule has 0 saturated heterocycles. The van der Waals surface area contributed by atoms with Crippen LogP contribution in [-0.4, -0.2) is 0 Å². The molecule has 0 nitrogen and oxygen atoms in total. The molecule has 17 heavy (non-hydrogen) atoms. The Morgan fingerprint density at radius 3 is 2.47 bits per heavy atom. The van der Waals surface area contributed by atoms with Crippen molar-refractivity contribution in [2.24, 2.45) is 11.8 Å². The van der Waals surface area contributed by atoms with Gasteiger partial charge in [0.05, 0.1) is 0 Å². The van der Waals surface area contributed by atoms with Crippen molar-refractivity contribution in [1.82, 2.24) is 0 Å². The average molecular weight is 220 g/mol. The summed E-state index contributed by atoms with van der Waals surface area (Å²) in [6, 6.07) is 15.7. The van der Waals surface area contributed by atoms with E-state index < -0.39 is 0 Å².